The molecule has 2 rings (SSSR count). The van der Waals surface area contributed by atoms with E-state index < -0.39 is 0 Å². The van der Waals surface area contributed by atoms with Crippen LogP contribution in [0.1, 0.15) is 0 Å². The predicted octanol–water partition coefficient (Wildman–Crippen LogP) is 1.02. The molecule has 0 spiro atoms. The molecule has 1 aliphatic rings. The lowest BCUT2D eigenvalue weighted by Crippen LogP contribution is -2.29. The Kier molecular flexibility index (Phi) is 2.88. The second kappa shape index (κ2) is 4.49. The van der Waals surface area contributed by atoms with E-state index in [1.54, 1.807) is 24.3 Å². The molecule has 1 heterocycles. The monoisotopic (exact) mass is 228 g/mol. The lowest BCUT2D eigenvalue weighted by atomic mass is 10.3. The summed E-state index contributed by atoms with van der Waals surface area (Å²) in [6.07, 6.45) is 2.45. The fourth-order valence-electron chi connectivity index (χ4n) is 1.46. The zero-order chi connectivity index (χ0) is 12.3. The van der Waals surface area contributed by atoms with E-state index >= 15 is 0 Å². The number of carbonyl (C=O) groups is 2. The topological polar surface area (TPSA) is 70.4 Å². The van der Waals surface area contributed by atoms with Crippen LogP contribution < -0.4 is 9.64 Å². The number of benzene rings is 1. The standard InChI is InChI=1S/C12H8N2O3/c13-7-8-17-10-3-1-9(2-4-10)14-11(15)5-6-12(14)16/h1-6H,8H2. The van der Waals surface area contributed by atoms with Gasteiger partial charge < -0.3 is 4.74 Å². The number of nitrogens with zero attached hydrogens (tertiary/aromatic N) is 2. The van der Waals surface area contributed by atoms with Crippen molar-refractivity contribution in [1.82, 2.24) is 0 Å². The minimum atomic E-state index is -0.360. The van der Waals surface area contributed by atoms with Crippen molar-refractivity contribution >= 4 is 17.5 Å². The van der Waals surface area contributed by atoms with E-state index in [4.69, 9.17) is 10.00 Å². The Morgan fingerprint density at radius 3 is 2.24 bits per heavy atom. The molecule has 17 heavy (non-hydrogen) atoms. The Bertz CT molecular complexity index is 508. The van der Waals surface area contributed by atoms with Crippen molar-refractivity contribution in [1.29, 1.82) is 5.26 Å². The van der Waals surface area contributed by atoms with Crippen molar-refractivity contribution in [3.05, 3.63) is 36.4 Å². The van der Waals surface area contributed by atoms with Crippen LogP contribution in [-0.2, 0) is 9.59 Å². The van der Waals surface area contributed by atoms with E-state index in [9.17, 15) is 9.59 Å². The summed E-state index contributed by atoms with van der Waals surface area (Å²) in [5.74, 6) is -0.205. The minimum Gasteiger partial charge on any atom is -0.479 e. The van der Waals surface area contributed by atoms with Gasteiger partial charge in [-0.15, -0.1) is 0 Å². The van der Waals surface area contributed by atoms with Gasteiger partial charge in [-0.05, 0) is 24.3 Å². The zero-order valence-corrected chi connectivity index (χ0v) is 8.79. The largest absolute Gasteiger partial charge is 0.479 e. The number of rotatable bonds is 3. The van der Waals surface area contributed by atoms with Gasteiger partial charge in [0.05, 0.1) is 5.69 Å². The molecule has 1 aromatic rings. The highest BCUT2D eigenvalue weighted by Crippen LogP contribution is 2.22. The van der Waals surface area contributed by atoms with Crippen LogP contribution in [0.4, 0.5) is 5.69 Å². The fourth-order valence-corrected chi connectivity index (χ4v) is 1.46. The second-order valence-corrected chi connectivity index (χ2v) is 3.29. The smallest absolute Gasteiger partial charge is 0.258 e. The molecule has 84 valence electrons. The van der Waals surface area contributed by atoms with Crippen LogP contribution in [0.15, 0.2) is 36.4 Å². The summed E-state index contributed by atoms with van der Waals surface area (Å²) >= 11 is 0. The molecule has 0 atom stereocenters. The maximum absolute atomic E-state index is 11.4. The third-order valence-corrected chi connectivity index (χ3v) is 2.21. The van der Waals surface area contributed by atoms with E-state index in [1.165, 1.54) is 12.2 Å². The average molecular weight is 228 g/mol. The number of hydrogen-bond acceptors (Lipinski definition) is 4. The summed E-state index contributed by atoms with van der Waals surface area (Å²) < 4.78 is 5.06. The molecule has 1 aliphatic heterocycles. The molecule has 0 radical (unpaired) electrons. The van der Waals surface area contributed by atoms with Gasteiger partial charge in [0.1, 0.15) is 11.8 Å². The highest BCUT2D eigenvalue weighted by molar-refractivity contribution is 6.28. The van der Waals surface area contributed by atoms with Gasteiger partial charge in [-0.2, -0.15) is 5.26 Å². The van der Waals surface area contributed by atoms with Gasteiger partial charge in [-0.3, -0.25) is 9.59 Å². The van der Waals surface area contributed by atoms with Gasteiger partial charge >= 0.3 is 0 Å². The first-order chi connectivity index (χ1) is 8.22. The molecular weight excluding hydrogens is 220 g/mol. The maximum atomic E-state index is 11.4. The van der Waals surface area contributed by atoms with Crippen LogP contribution in [0.3, 0.4) is 0 Å². The highest BCUT2D eigenvalue weighted by Gasteiger charge is 2.24. The van der Waals surface area contributed by atoms with Crippen LogP contribution in [0, 0.1) is 11.3 Å². The molecule has 5 nitrogen and oxygen atoms in total. The number of imide groups is 1. The van der Waals surface area contributed by atoms with Crippen molar-refractivity contribution in [2.24, 2.45) is 0 Å². The summed E-state index contributed by atoms with van der Waals surface area (Å²) in [4.78, 5) is 23.8. The molecule has 0 unspecified atom stereocenters. The lowest BCUT2D eigenvalue weighted by Gasteiger charge is -2.13. The highest BCUT2D eigenvalue weighted by atomic mass is 16.5. The van der Waals surface area contributed by atoms with Gasteiger partial charge in [0.2, 0.25) is 0 Å². The Morgan fingerprint density at radius 2 is 1.71 bits per heavy atom. The normalized spacial score (nSPS) is 13.9. The number of hydrogen-bond donors (Lipinski definition) is 0. The molecule has 0 bridgehead atoms. The van der Waals surface area contributed by atoms with Gasteiger partial charge in [0.15, 0.2) is 6.61 Å². The zero-order valence-electron chi connectivity index (χ0n) is 8.79. The molecule has 0 saturated heterocycles. The minimum absolute atomic E-state index is 0.0392. The van der Waals surface area contributed by atoms with Gasteiger partial charge in [-0.1, -0.05) is 0 Å². The second-order valence-electron chi connectivity index (χ2n) is 3.29. The number of anilines is 1. The Hall–Kier alpha value is -2.61. The summed E-state index contributed by atoms with van der Waals surface area (Å²) in [5.41, 5.74) is 0.481. The molecule has 0 N–H and O–H groups in total. The summed E-state index contributed by atoms with van der Waals surface area (Å²) in [6.45, 7) is -0.0392. The molecule has 5 heteroatoms. The van der Waals surface area contributed by atoms with Gasteiger partial charge in [0.25, 0.3) is 11.8 Å². The van der Waals surface area contributed by atoms with Crippen LogP contribution in [0.2, 0.25) is 0 Å². The fraction of sp³-hybridized carbons (Fsp3) is 0.0833. The quantitative estimate of drug-likeness (QED) is 0.724. The number of ether oxygens (including phenoxy) is 1. The first-order valence-corrected chi connectivity index (χ1v) is 4.88. The van der Waals surface area contributed by atoms with Crippen molar-refractivity contribution in [3.63, 3.8) is 0 Å². The Labute approximate surface area is 97.5 Å². The SMILES string of the molecule is N#CCOc1ccc(N2C(=O)C=CC2=O)cc1. The van der Waals surface area contributed by atoms with Crippen molar-refractivity contribution in [2.75, 3.05) is 11.5 Å². The number of carbonyl (C=O) groups excluding carboxylic acids is 2. The summed E-state index contributed by atoms with van der Waals surface area (Å²) in [5, 5.41) is 8.34. The van der Waals surface area contributed by atoms with Crippen molar-refractivity contribution in [3.8, 4) is 11.8 Å². The van der Waals surface area contributed by atoms with Gasteiger partial charge in [0, 0.05) is 12.2 Å². The predicted molar refractivity (Wildman–Crippen MR) is 59.2 cm³/mol. The van der Waals surface area contributed by atoms with E-state index in [1.807, 2.05) is 6.07 Å². The van der Waals surface area contributed by atoms with E-state index in [2.05, 4.69) is 0 Å². The van der Waals surface area contributed by atoms with Crippen molar-refractivity contribution < 1.29 is 14.3 Å². The summed E-state index contributed by atoms with van der Waals surface area (Å²) in [7, 11) is 0. The van der Waals surface area contributed by atoms with Gasteiger partial charge in [-0.25, -0.2) is 4.90 Å². The van der Waals surface area contributed by atoms with E-state index in [-0.39, 0.29) is 18.4 Å². The first kappa shape index (κ1) is 10.9. The third-order valence-electron chi connectivity index (χ3n) is 2.21. The number of amides is 2. The lowest BCUT2D eigenvalue weighted by molar-refractivity contribution is -0.119. The van der Waals surface area contributed by atoms with Crippen LogP contribution in [0.5, 0.6) is 5.75 Å². The van der Waals surface area contributed by atoms with E-state index in [0.29, 0.717) is 11.4 Å². The average Bonchev–Trinajstić information content (AvgIpc) is 2.67. The van der Waals surface area contributed by atoms with Crippen molar-refractivity contribution in [2.45, 2.75) is 0 Å². The first-order valence-electron chi connectivity index (χ1n) is 4.88. The molecule has 0 aliphatic carbocycles. The van der Waals surface area contributed by atoms with E-state index in [0.717, 1.165) is 4.90 Å². The molecule has 1 aromatic carbocycles. The van der Waals surface area contributed by atoms with Crippen LogP contribution in [0.25, 0.3) is 0 Å². The summed E-state index contributed by atoms with van der Waals surface area (Å²) in [6, 6.07) is 8.24. The van der Waals surface area contributed by atoms with Crippen LogP contribution >= 0.6 is 0 Å². The molecule has 0 fully saturated rings. The third kappa shape index (κ3) is 2.16. The molecule has 2 amide bonds. The number of nitriles is 1. The molecule has 0 saturated carbocycles. The molecular formula is C12H8N2O3. The maximum Gasteiger partial charge on any atom is 0.258 e. The Balaban J connectivity index is 2.16. The Morgan fingerprint density at radius 1 is 1.12 bits per heavy atom. The van der Waals surface area contributed by atoms with Crippen LogP contribution in [-0.4, -0.2) is 18.4 Å². The molecule has 0 aromatic heterocycles.